The molecule has 0 radical (unpaired) electrons. The van der Waals surface area contributed by atoms with Gasteiger partial charge in [0, 0.05) is 40.3 Å². The van der Waals surface area contributed by atoms with Gasteiger partial charge in [-0.25, -0.2) is 0 Å². The Balaban J connectivity index is 1.01. The molecule has 0 aliphatic heterocycles. The van der Waals surface area contributed by atoms with Gasteiger partial charge in [0.25, 0.3) is 0 Å². The number of hydrogen-bond donors (Lipinski definition) is 0. The van der Waals surface area contributed by atoms with E-state index < -0.39 is 0 Å². The van der Waals surface area contributed by atoms with Crippen molar-refractivity contribution in [3.63, 3.8) is 0 Å². The summed E-state index contributed by atoms with van der Waals surface area (Å²) < 4.78 is 5.36. The first kappa shape index (κ1) is 34.7. The largest absolute Gasteiger partial charge is 0.135 e. The smallest absolute Gasteiger partial charge is 0.0361 e. The molecule has 0 saturated carbocycles. The quantitative estimate of drug-likeness (QED) is 0.152. The first-order chi connectivity index (χ1) is 27.3. The lowest BCUT2D eigenvalue weighted by Crippen LogP contribution is -1.92. The van der Waals surface area contributed by atoms with Gasteiger partial charge in [-0.3, -0.25) is 0 Å². The lowest BCUT2D eigenvalue weighted by molar-refractivity contribution is 0.867. The molecule has 0 saturated heterocycles. The van der Waals surface area contributed by atoms with Gasteiger partial charge in [0.05, 0.1) is 0 Å². The number of fused-ring (bicyclic) bond motifs is 6. The Labute approximate surface area is 337 Å². The predicted octanol–water partition coefficient (Wildman–Crippen LogP) is 17.0. The van der Waals surface area contributed by atoms with Crippen molar-refractivity contribution in [1.29, 1.82) is 0 Å². The molecule has 8 aromatic carbocycles. The molecule has 0 atom stereocenters. The Kier molecular flexibility index (Phi) is 8.70. The highest BCUT2D eigenvalue weighted by molar-refractivity contribution is 7.26. The molecule has 0 amide bonds. The Bertz CT molecular complexity index is 2890. The molecule has 0 aliphatic carbocycles. The van der Waals surface area contributed by atoms with Gasteiger partial charge >= 0.3 is 0 Å². The highest BCUT2D eigenvalue weighted by Gasteiger charge is 2.14. The molecule has 0 unspecified atom stereocenters. The Morgan fingerprint density at radius 3 is 0.982 bits per heavy atom. The molecule has 2 aromatic heterocycles. The third kappa shape index (κ3) is 6.33. The molecule has 0 spiro atoms. The van der Waals surface area contributed by atoms with Crippen molar-refractivity contribution in [3.05, 3.63) is 181 Å². The van der Waals surface area contributed by atoms with Gasteiger partial charge in [-0.05, 0) is 127 Å². The minimum Gasteiger partial charge on any atom is -0.135 e. The standard InChI is InChI=1S/C54H42S2/c1-33(2)41-25-43(29-45(27-41)39-19-21-49-47-15-5-7-17-51(47)55-53(49)31-39)37-13-9-11-35(23-37)36-12-10-14-38(24-36)44-26-42(34(3)4)28-46(30-44)40-20-22-50-48-16-6-8-18-52(48)56-54(50)32-40/h5-34H,1-4H3. The van der Waals surface area contributed by atoms with E-state index >= 15 is 0 Å². The second-order valence-electron chi connectivity index (χ2n) is 15.8. The van der Waals surface area contributed by atoms with Gasteiger partial charge in [0.2, 0.25) is 0 Å². The van der Waals surface area contributed by atoms with Crippen molar-refractivity contribution in [3.8, 4) is 55.6 Å². The summed E-state index contributed by atoms with van der Waals surface area (Å²) in [6, 6.07) is 64.0. The third-order valence-electron chi connectivity index (χ3n) is 11.4. The summed E-state index contributed by atoms with van der Waals surface area (Å²) >= 11 is 3.77. The lowest BCUT2D eigenvalue weighted by atomic mass is 9.90. The van der Waals surface area contributed by atoms with Gasteiger partial charge in [-0.2, -0.15) is 0 Å². The summed E-state index contributed by atoms with van der Waals surface area (Å²) in [5.41, 5.74) is 15.2. The number of rotatable bonds is 7. The molecule has 10 rings (SSSR count). The molecular weight excluding hydrogens is 713 g/mol. The molecule has 0 bridgehead atoms. The summed E-state index contributed by atoms with van der Waals surface area (Å²) in [6.45, 7) is 9.17. The average molecular weight is 755 g/mol. The normalized spacial score (nSPS) is 11.9. The van der Waals surface area contributed by atoms with Gasteiger partial charge < -0.3 is 0 Å². The fraction of sp³-hybridized carbons (Fsp3) is 0.111. The summed E-state index contributed by atoms with van der Waals surface area (Å²) in [4.78, 5) is 0. The monoisotopic (exact) mass is 754 g/mol. The van der Waals surface area contributed by atoms with E-state index in [1.807, 2.05) is 22.7 Å². The fourth-order valence-electron chi connectivity index (χ4n) is 8.20. The Hall–Kier alpha value is -5.80. The molecule has 2 heterocycles. The van der Waals surface area contributed by atoms with E-state index in [-0.39, 0.29) is 0 Å². The van der Waals surface area contributed by atoms with E-state index in [4.69, 9.17) is 0 Å². The molecule has 0 nitrogen and oxygen atoms in total. The zero-order valence-corrected chi connectivity index (χ0v) is 33.8. The van der Waals surface area contributed by atoms with Crippen LogP contribution in [0.15, 0.2) is 170 Å². The average Bonchev–Trinajstić information content (AvgIpc) is 3.81. The van der Waals surface area contributed by atoms with Crippen molar-refractivity contribution < 1.29 is 0 Å². The van der Waals surface area contributed by atoms with Crippen LogP contribution >= 0.6 is 22.7 Å². The fourth-order valence-corrected chi connectivity index (χ4v) is 10.5. The highest BCUT2D eigenvalue weighted by atomic mass is 32.1. The number of hydrogen-bond acceptors (Lipinski definition) is 2. The first-order valence-corrected chi connectivity index (χ1v) is 21.3. The zero-order valence-electron chi connectivity index (χ0n) is 32.1. The van der Waals surface area contributed by atoms with Crippen molar-refractivity contribution >= 4 is 63.0 Å². The van der Waals surface area contributed by atoms with Gasteiger partial charge in [-0.1, -0.05) is 149 Å². The van der Waals surface area contributed by atoms with E-state index in [2.05, 4.69) is 198 Å². The molecular formula is C54H42S2. The zero-order chi connectivity index (χ0) is 37.9. The minimum absolute atomic E-state index is 0.417. The van der Waals surface area contributed by atoms with E-state index in [0.29, 0.717) is 11.8 Å². The topological polar surface area (TPSA) is 0 Å². The maximum atomic E-state index is 2.39. The van der Waals surface area contributed by atoms with Gasteiger partial charge in [0.15, 0.2) is 0 Å². The van der Waals surface area contributed by atoms with Crippen LogP contribution in [0.3, 0.4) is 0 Å². The van der Waals surface area contributed by atoms with Crippen LogP contribution in [0, 0.1) is 0 Å². The van der Waals surface area contributed by atoms with Crippen molar-refractivity contribution in [2.24, 2.45) is 0 Å². The molecule has 270 valence electrons. The molecule has 0 N–H and O–H groups in total. The van der Waals surface area contributed by atoms with Crippen LogP contribution in [0.1, 0.15) is 50.7 Å². The minimum atomic E-state index is 0.417. The van der Waals surface area contributed by atoms with E-state index in [1.54, 1.807) is 0 Å². The number of benzene rings is 8. The summed E-state index contributed by atoms with van der Waals surface area (Å²) in [5, 5.41) is 5.36. The third-order valence-corrected chi connectivity index (χ3v) is 13.7. The lowest BCUT2D eigenvalue weighted by Gasteiger charge is -2.15. The second-order valence-corrected chi connectivity index (χ2v) is 17.9. The van der Waals surface area contributed by atoms with Gasteiger partial charge in [0.1, 0.15) is 0 Å². The Morgan fingerprint density at radius 1 is 0.268 bits per heavy atom. The summed E-state index contributed by atoms with van der Waals surface area (Å²) in [6.07, 6.45) is 0. The predicted molar refractivity (Wildman–Crippen MR) is 248 cm³/mol. The van der Waals surface area contributed by atoms with Crippen LogP contribution in [0.4, 0.5) is 0 Å². The molecule has 56 heavy (non-hydrogen) atoms. The van der Waals surface area contributed by atoms with E-state index in [1.165, 1.54) is 107 Å². The molecule has 10 aromatic rings. The van der Waals surface area contributed by atoms with Crippen LogP contribution in [0.2, 0.25) is 0 Å². The van der Waals surface area contributed by atoms with E-state index in [9.17, 15) is 0 Å². The molecule has 0 aliphatic rings. The van der Waals surface area contributed by atoms with Crippen LogP contribution < -0.4 is 0 Å². The highest BCUT2D eigenvalue weighted by Crippen LogP contribution is 2.41. The second kappa shape index (κ2) is 14.0. The van der Waals surface area contributed by atoms with Crippen molar-refractivity contribution in [1.82, 2.24) is 0 Å². The maximum Gasteiger partial charge on any atom is 0.0361 e. The summed E-state index contributed by atoms with van der Waals surface area (Å²) in [7, 11) is 0. The molecule has 0 fully saturated rings. The number of thiophene rings is 2. The SMILES string of the molecule is CC(C)c1cc(-c2cccc(-c3cccc(-c4cc(-c5ccc6c(c5)sc5ccccc56)cc(C(C)C)c4)c3)c2)cc(-c2ccc3c(c2)sc2ccccc23)c1. The first-order valence-electron chi connectivity index (χ1n) is 19.7. The van der Waals surface area contributed by atoms with Crippen LogP contribution in [-0.2, 0) is 0 Å². The van der Waals surface area contributed by atoms with Gasteiger partial charge in [-0.15, -0.1) is 22.7 Å². The van der Waals surface area contributed by atoms with Crippen LogP contribution in [-0.4, -0.2) is 0 Å². The maximum absolute atomic E-state index is 2.39. The van der Waals surface area contributed by atoms with Crippen molar-refractivity contribution in [2.45, 2.75) is 39.5 Å². The summed E-state index contributed by atoms with van der Waals surface area (Å²) in [5.74, 6) is 0.833. The van der Waals surface area contributed by atoms with E-state index in [0.717, 1.165) is 0 Å². The van der Waals surface area contributed by atoms with Crippen LogP contribution in [0.25, 0.3) is 96.0 Å². The molecule has 2 heteroatoms. The van der Waals surface area contributed by atoms with Crippen LogP contribution in [0.5, 0.6) is 0 Å². The van der Waals surface area contributed by atoms with Crippen molar-refractivity contribution in [2.75, 3.05) is 0 Å². The Morgan fingerprint density at radius 2 is 0.589 bits per heavy atom.